The summed E-state index contributed by atoms with van der Waals surface area (Å²) in [5, 5.41) is 3.31. The van der Waals surface area contributed by atoms with E-state index in [0.717, 1.165) is 29.8 Å². The Balaban J connectivity index is 0.00000128. The Morgan fingerprint density at radius 3 is 2.44 bits per heavy atom. The molecule has 16 heavy (non-hydrogen) atoms. The highest BCUT2D eigenvalue weighted by atomic mass is 79.9. The summed E-state index contributed by atoms with van der Waals surface area (Å²) in [7, 11) is 0. The Kier molecular flexibility index (Phi) is 4.81. The van der Waals surface area contributed by atoms with E-state index in [9.17, 15) is 0 Å². The molecule has 0 unspecified atom stereocenters. The molecular weight excluding hydrogens is 288 g/mol. The molecular formula is C12H16BrClN2. The minimum Gasteiger partial charge on any atom is -0.372 e. The van der Waals surface area contributed by atoms with Crippen molar-refractivity contribution in [2.24, 2.45) is 4.99 Å². The van der Waals surface area contributed by atoms with Crippen molar-refractivity contribution in [3.63, 3.8) is 0 Å². The van der Waals surface area contributed by atoms with Gasteiger partial charge in [0.25, 0.3) is 0 Å². The van der Waals surface area contributed by atoms with Crippen molar-refractivity contribution in [2.45, 2.75) is 20.3 Å². The number of hydrogen-bond acceptors (Lipinski definition) is 2. The van der Waals surface area contributed by atoms with E-state index < -0.39 is 0 Å². The van der Waals surface area contributed by atoms with Crippen LogP contribution in [0.25, 0.3) is 0 Å². The molecule has 1 aliphatic rings. The summed E-state index contributed by atoms with van der Waals surface area (Å²) in [5.41, 5.74) is 4.06. The molecule has 0 aromatic heterocycles. The summed E-state index contributed by atoms with van der Waals surface area (Å²) in [5.74, 6) is 1.13. The van der Waals surface area contributed by atoms with Gasteiger partial charge in [0.05, 0.1) is 6.54 Å². The molecule has 1 N–H and O–H groups in total. The highest BCUT2D eigenvalue weighted by Crippen LogP contribution is 2.21. The number of amidine groups is 1. The molecule has 0 atom stereocenters. The summed E-state index contributed by atoms with van der Waals surface area (Å²) in [4.78, 5) is 4.43. The highest BCUT2D eigenvalue weighted by Gasteiger charge is 2.10. The van der Waals surface area contributed by atoms with Crippen LogP contribution in [0, 0.1) is 13.8 Å². The number of aryl methyl sites for hydroxylation is 2. The molecule has 2 rings (SSSR count). The van der Waals surface area contributed by atoms with Gasteiger partial charge in [-0.1, -0.05) is 15.9 Å². The molecule has 0 amide bonds. The van der Waals surface area contributed by atoms with Crippen molar-refractivity contribution >= 4 is 34.2 Å². The standard InChI is InChI=1S/C12H15BrN2.ClH/c1-8-5-10(13)6-9(2)11(8)7-12-14-3-4-15-12;/h5-6H,3-4,7H2,1-2H3,(H,14,15);1H. The average Bonchev–Trinajstić information content (AvgIpc) is 2.63. The van der Waals surface area contributed by atoms with Gasteiger partial charge in [-0.2, -0.15) is 0 Å². The third-order valence-corrected chi connectivity index (χ3v) is 3.21. The van der Waals surface area contributed by atoms with Crippen LogP contribution in [-0.2, 0) is 6.42 Å². The Morgan fingerprint density at radius 1 is 1.31 bits per heavy atom. The molecule has 0 aliphatic carbocycles. The van der Waals surface area contributed by atoms with E-state index in [2.05, 4.69) is 52.2 Å². The highest BCUT2D eigenvalue weighted by molar-refractivity contribution is 9.10. The summed E-state index contributed by atoms with van der Waals surface area (Å²) in [6.07, 6.45) is 0.935. The van der Waals surface area contributed by atoms with Crippen molar-refractivity contribution < 1.29 is 0 Å². The fourth-order valence-electron chi connectivity index (χ4n) is 1.95. The largest absolute Gasteiger partial charge is 0.372 e. The van der Waals surface area contributed by atoms with Crippen LogP contribution in [0.3, 0.4) is 0 Å². The van der Waals surface area contributed by atoms with Crippen molar-refractivity contribution in [1.82, 2.24) is 5.32 Å². The number of nitrogens with one attached hydrogen (secondary N) is 1. The van der Waals surface area contributed by atoms with Crippen LogP contribution >= 0.6 is 28.3 Å². The summed E-state index contributed by atoms with van der Waals surface area (Å²) in [6, 6.07) is 4.33. The molecule has 0 radical (unpaired) electrons. The second-order valence-electron chi connectivity index (χ2n) is 3.95. The minimum atomic E-state index is 0. The third-order valence-electron chi connectivity index (χ3n) is 2.75. The van der Waals surface area contributed by atoms with Gasteiger partial charge < -0.3 is 5.32 Å². The van der Waals surface area contributed by atoms with Crippen molar-refractivity contribution in [3.05, 3.63) is 33.3 Å². The molecule has 4 heteroatoms. The van der Waals surface area contributed by atoms with Gasteiger partial charge in [-0.15, -0.1) is 12.4 Å². The molecule has 0 spiro atoms. The van der Waals surface area contributed by atoms with Crippen molar-refractivity contribution in [2.75, 3.05) is 13.1 Å². The maximum atomic E-state index is 4.43. The SMILES string of the molecule is Cc1cc(Br)cc(C)c1CC1=NCCN1.Cl. The first kappa shape index (κ1) is 13.5. The molecule has 88 valence electrons. The van der Waals surface area contributed by atoms with E-state index in [0.29, 0.717) is 0 Å². The van der Waals surface area contributed by atoms with Crippen LogP contribution in [-0.4, -0.2) is 18.9 Å². The maximum Gasteiger partial charge on any atom is 0.101 e. The lowest BCUT2D eigenvalue weighted by molar-refractivity contribution is 0.952. The van der Waals surface area contributed by atoms with Crippen LogP contribution < -0.4 is 5.32 Å². The number of benzene rings is 1. The lowest BCUT2D eigenvalue weighted by Gasteiger charge is -2.10. The van der Waals surface area contributed by atoms with E-state index >= 15 is 0 Å². The van der Waals surface area contributed by atoms with Gasteiger partial charge in [0, 0.05) is 17.4 Å². The molecule has 0 saturated carbocycles. The lowest BCUT2D eigenvalue weighted by atomic mass is 10.00. The maximum absolute atomic E-state index is 4.43. The summed E-state index contributed by atoms with van der Waals surface area (Å²) >= 11 is 3.51. The predicted octanol–water partition coefficient (Wildman–Crippen LogP) is 3.03. The Bertz CT molecular complexity index is 392. The second-order valence-corrected chi connectivity index (χ2v) is 4.87. The topological polar surface area (TPSA) is 24.4 Å². The number of hydrogen-bond donors (Lipinski definition) is 1. The number of nitrogens with zero attached hydrogens (tertiary/aromatic N) is 1. The van der Waals surface area contributed by atoms with Crippen LogP contribution in [0.1, 0.15) is 16.7 Å². The van der Waals surface area contributed by atoms with E-state index in [1.165, 1.54) is 16.7 Å². The third kappa shape index (κ3) is 2.98. The molecule has 1 aromatic rings. The quantitative estimate of drug-likeness (QED) is 0.892. The van der Waals surface area contributed by atoms with Crippen molar-refractivity contribution in [1.29, 1.82) is 0 Å². The van der Waals surface area contributed by atoms with Crippen LogP contribution in [0.5, 0.6) is 0 Å². The zero-order valence-corrected chi connectivity index (χ0v) is 11.9. The van der Waals surface area contributed by atoms with E-state index in [1.807, 2.05) is 0 Å². The van der Waals surface area contributed by atoms with Crippen LogP contribution in [0.15, 0.2) is 21.6 Å². The average molecular weight is 304 g/mol. The Labute approximate surface area is 111 Å². The zero-order valence-electron chi connectivity index (χ0n) is 9.51. The Morgan fingerprint density at radius 2 is 1.94 bits per heavy atom. The predicted molar refractivity (Wildman–Crippen MR) is 74.9 cm³/mol. The molecule has 0 saturated heterocycles. The number of halogens is 2. The first-order valence-electron chi connectivity index (χ1n) is 5.19. The Hall–Kier alpha value is -0.540. The molecule has 0 bridgehead atoms. The van der Waals surface area contributed by atoms with Gasteiger partial charge in [0.2, 0.25) is 0 Å². The minimum absolute atomic E-state index is 0. The first-order valence-corrected chi connectivity index (χ1v) is 5.99. The van der Waals surface area contributed by atoms with E-state index in [1.54, 1.807) is 0 Å². The fourth-order valence-corrected chi connectivity index (χ4v) is 2.64. The van der Waals surface area contributed by atoms with Gasteiger partial charge in [0.1, 0.15) is 5.84 Å². The van der Waals surface area contributed by atoms with E-state index in [4.69, 9.17) is 0 Å². The monoisotopic (exact) mass is 302 g/mol. The molecule has 1 aliphatic heterocycles. The van der Waals surface area contributed by atoms with E-state index in [-0.39, 0.29) is 12.4 Å². The fraction of sp³-hybridized carbons (Fsp3) is 0.417. The summed E-state index contributed by atoms with van der Waals surface area (Å²) < 4.78 is 1.16. The number of aliphatic imine (C=N–C) groups is 1. The molecule has 1 heterocycles. The van der Waals surface area contributed by atoms with Crippen LogP contribution in [0.2, 0.25) is 0 Å². The molecule has 2 nitrogen and oxygen atoms in total. The second kappa shape index (κ2) is 5.69. The van der Waals surface area contributed by atoms with Gasteiger partial charge >= 0.3 is 0 Å². The lowest BCUT2D eigenvalue weighted by Crippen LogP contribution is -2.21. The smallest absolute Gasteiger partial charge is 0.101 e. The van der Waals surface area contributed by atoms with Crippen molar-refractivity contribution in [3.8, 4) is 0 Å². The zero-order chi connectivity index (χ0) is 10.8. The van der Waals surface area contributed by atoms with Gasteiger partial charge in [-0.25, -0.2) is 0 Å². The first-order chi connectivity index (χ1) is 7.16. The molecule has 0 fully saturated rings. The van der Waals surface area contributed by atoms with Gasteiger partial charge in [-0.3, -0.25) is 4.99 Å². The van der Waals surface area contributed by atoms with Crippen LogP contribution in [0.4, 0.5) is 0 Å². The molecule has 1 aromatic carbocycles. The van der Waals surface area contributed by atoms with Gasteiger partial charge in [0.15, 0.2) is 0 Å². The summed E-state index contributed by atoms with van der Waals surface area (Å²) in [6.45, 7) is 6.22. The van der Waals surface area contributed by atoms with Gasteiger partial charge in [-0.05, 0) is 42.7 Å². The number of rotatable bonds is 2. The normalized spacial score (nSPS) is 14.1.